The first kappa shape index (κ1) is 24.9. The lowest BCUT2D eigenvalue weighted by molar-refractivity contribution is -0.154. The highest BCUT2D eigenvalue weighted by atomic mass is 16.5. The number of carbonyl (C=O) groups is 3. The number of aliphatic hydroxyl groups excluding tert-OH is 1. The number of β-amino-alcohol motifs (C(OH)–C–C–N with tert-alkyl or cyclic N) is 1. The lowest BCUT2D eigenvalue weighted by Gasteiger charge is -2.38. The molecule has 0 aromatic carbocycles. The van der Waals surface area contributed by atoms with Crippen LogP contribution in [-0.4, -0.2) is 94.1 Å². The van der Waals surface area contributed by atoms with Gasteiger partial charge >= 0.3 is 0 Å². The molecule has 2 fully saturated rings. The van der Waals surface area contributed by atoms with Crippen LogP contribution >= 0.6 is 0 Å². The number of hydrogen-bond donors (Lipinski definition) is 1. The van der Waals surface area contributed by atoms with E-state index in [-0.39, 0.29) is 30.9 Å². The number of aliphatic hydroxyl groups is 1. The smallest absolute Gasteiger partial charge is 0.249 e. The van der Waals surface area contributed by atoms with E-state index >= 15 is 0 Å². The fourth-order valence-electron chi connectivity index (χ4n) is 6.43. The van der Waals surface area contributed by atoms with Crippen molar-refractivity contribution in [2.24, 2.45) is 11.8 Å². The van der Waals surface area contributed by atoms with Crippen LogP contribution in [0.1, 0.15) is 52.9 Å². The van der Waals surface area contributed by atoms with Crippen LogP contribution in [0.3, 0.4) is 0 Å². The zero-order valence-electron chi connectivity index (χ0n) is 20.7. The molecule has 3 amide bonds. The summed E-state index contributed by atoms with van der Waals surface area (Å²) in [6.45, 7) is 8.08. The third-order valence-electron chi connectivity index (χ3n) is 7.97. The summed E-state index contributed by atoms with van der Waals surface area (Å²) in [4.78, 5) is 46.8. The SMILES string of the molecule is CCCCCN1CC=C[C@]23O[C@@]4(CC)C=CCN(CCC)C(=O)[C@H]4[C@H]2C(=O)N(CCO)C3C1=O. The number of likely N-dealkylation sites (tertiary alicyclic amines) is 1. The Balaban J connectivity index is 1.80. The number of ether oxygens (including phenoxy) is 1. The predicted octanol–water partition coefficient (Wildman–Crippen LogP) is 1.74. The lowest BCUT2D eigenvalue weighted by atomic mass is 9.73. The van der Waals surface area contributed by atoms with E-state index in [1.54, 1.807) is 9.80 Å². The second-order valence-electron chi connectivity index (χ2n) is 9.96. The van der Waals surface area contributed by atoms with Crippen molar-refractivity contribution in [2.75, 3.05) is 39.3 Å². The van der Waals surface area contributed by atoms with Gasteiger partial charge in [-0.3, -0.25) is 14.4 Å². The molecule has 1 N–H and O–H groups in total. The first-order chi connectivity index (χ1) is 16.4. The summed E-state index contributed by atoms with van der Waals surface area (Å²) in [7, 11) is 0. The van der Waals surface area contributed by atoms with E-state index in [1.807, 2.05) is 38.2 Å². The fraction of sp³-hybridized carbons (Fsp3) is 0.731. The Bertz CT molecular complexity index is 872. The Hall–Kier alpha value is -2.19. The quantitative estimate of drug-likeness (QED) is 0.407. The molecule has 1 unspecified atom stereocenters. The molecule has 2 saturated heterocycles. The summed E-state index contributed by atoms with van der Waals surface area (Å²) >= 11 is 0. The van der Waals surface area contributed by atoms with Crippen LogP contribution in [0.4, 0.5) is 0 Å². The number of nitrogens with zero attached hydrogens (tertiary/aromatic N) is 3. The summed E-state index contributed by atoms with van der Waals surface area (Å²) in [6.07, 6.45) is 12.1. The van der Waals surface area contributed by atoms with Crippen molar-refractivity contribution in [3.63, 3.8) is 0 Å². The van der Waals surface area contributed by atoms with Crippen molar-refractivity contribution in [2.45, 2.75) is 70.1 Å². The van der Waals surface area contributed by atoms with Gasteiger partial charge in [-0.15, -0.1) is 0 Å². The Morgan fingerprint density at radius 1 is 0.882 bits per heavy atom. The van der Waals surface area contributed by atoms with E-state index in [9.17, 15) is 19.5 Å². The third kappa shape index (κ3) is 3.70. The maximum atomic E-state index is 13.9. The van der Waals surface area contributed by atoms with Crippen molar-refractivity contribution in [3.05, 3.63) is 24.3 Å². The molecule has 0 bridgehead atoms. The normalized spacial score (nSPS) is 34.9. The van der Waals surface area contributed by atoms with Gasteiger partial charge in [0.25, 0.3) is 0 Å². The van der Waals surface area contributed by atoms with Crippen molar-refractivity contribution >= 4 is 17.7 Å². The molecule has 0 aromatic heterocycles. The second kappa shape index (κ2) is 9.82. The van der Waals surface area contributed by atoms with Crippen LogP contribution in [0.25, 0.3) is 0 Å². The van der Waals surface area contributed by atoms with E-state index in [4.69, 9.17) is 4.74 Å². The van der Waals surface area contributed by atoms with E-state index in [0.29, 0.717) is 32.6 Å². The topological polar surface area (TPSA) is 90.4 Å². The molecule has 34 heavy (non-hydrogen) atoms. The van der Waals surface area contributed by atoms with Crippen LogP contribution in [-0.2, 0) is 19.1 Å². The van der Waals surface area contributed by atoms with Gasteiger partial charge in [-0.25, -0.2) is 0 Å². The first-order valence-electron chi connectivity index (χ1n) is 12.9. The maximum absolute atomic E-state index is 13.9. The summed E-state index contributed by atoms with van der Waals surface area (Å²) in [6, 6.07) is -0.881. The number of fused-ring (bicyclic) bond motifs is 2. The molecule has 1 spiro atoms. The van der Waals surface area contributed by atoms with Crippen molar-refractivity contribution < 1.29 is 24.2 Å². The minimum Gasteiger partial charge on any atom is -0.395 e. The molecule has 0 radical (unpaired) electrons. The highest BCUT2D eigenvalue weighted by molar-refractivity contribution is 6.00. The molecule has 8 heteroatoms. The molecule has 4 rings (SSSR count). The van der Waals surface area contributed by atoms with Crippen LogP contribution in [0, 0.1) is 11.8 Å². The Labute approximate surface area is 202 Å². The second-order valence-corrected chi connectivity index (χ2v) is 9.96. The standard InChI is InChI=1S/C26H39N3O5/c1-4-7-8-14-28-16-10-12-26-20(23(32)29(17-18-30)21(26)24(28)33)19-22(31)27(13-5-2)15-9-11-25(19,6-3)34-26/h9-12,19-21,30H,4-8,13-18H2,1-3H3/t19-,20+,21?,25+,26+/m1/s1. The molecule has 4 heterocycles. The first-order valence-corrected chi connectivity index (χ1v) is 12.9. The van der Waals surface area contributed by atoms with E-state index in [2.05, 4.69) is 6.92 Å². The number of hydrogen-bond acceptors (Lipinski definition) is 5. The van der Waals surface area contributed by atoms with Gasteiger partial charge in [0.2, 0.25) is 17.7 Å². The summed E-state index contributed by atoms with van der Waals surface area (Å²) in [5, 5.41) is 9.77. The molecule has 0 aliphatic carbocycles. The van der Waals surface area contributed by atoms with Gasteiger partial charge in [-0.1, -0.05) is 57.9 Å². The molecule has 4 aliphatic rings. The van der Waals surface area contributed by atoms with Gasteiger partial charge in [0.1, 0.15) is 11.6 Å². The number of amides is 3. The van der Waals surface area contributed by atoms with E-state index in [1.165, 1.54) is 4.90 Å². The summed E-state index contributed by atoms with van der Waals surface area (Å²) in [5.41, 5.74) is -2.16. The maximum Gasteiger partial charge on any atom is 0.249 e. The van der Waals surface area contributed by atoms with E-state index in [0.717, 1.165) is 25.7 Å². The molecule has 0 saturated carbocycles. The highest BCUT2D eigenvalue weighted by Gasteiger charge is 2.75. The molecular formula is C26H39N3O5. The van der Waals surface area contributed by atoms with Crippen molar-refractivity contribution in [1.29, 1.82) is 0 Å². The average molecular weight is 474 g/mol. The van der Waals surface area contributed by atoms with Gasteiger partial charge in [-0.2, -0.15) is 0 Å². The van der Waals surface area contributed by atoms with Crippen LogP contribution in [0.5, 0.6) is 0 Å². The predicted molar refractivity (Wildman–Crippen MR) is 128 cm³/mol. The Morgan fingerprint density at radius 2 is 1.59 bits per heavy atom. The zero-order chi connectivity index (χ0) is 24.5. The van der Waals surface area contributed by atoms with E-state index < -0.39 is 29.1 Å². The minimum absolute atomic E-state index is 0.0437. The minimum atomic E-state index is -1.22. The monoisotopic (exact) mass is 473 g/mol. The Morgan fingerprint density at radius 3 is 2.24 bits per heavy atom. The van der Waals surface area contributed by atoms with Gasteiger partial charge in [0.05, 0.1) is 24.0 Å². The van der Waals surface area contributed by atoms with Crippen molar-refractivity contribution in [1.82, 2.24) is 14.7 Å². The van der Waals surface area contributed by atoms with Crippen LogP contribution in [0.2, 0.25) is 0 Å². The van der Waals surface area contributed by atoms with Crippen LogP contribution < -0.4 is 0 Å². The Kier molecular flexibility index (Phi) is 7.20. The molecule has 188 valence electrons. The molecule has 8 nitrogen and oxygen atoms in total. The molecule has 0 aromatic rings. The number of carbonyl (C=O) groups excluding carboxylic acids is 3. The van der Waals surface area contributed by atoms with Gasteiger partial charge in [0, 0.05) is 32.7 Å². The number of rotatable bonds is 9. The fourth-order valence-corrected chi connectivity index (χ4v) is 6.43. The van der Waals surface area contributed by atoms with Crippen LogP contribution in [0.15, 0.2) is 24.3 Å². The summed E-state index contributed by atoms with van der Waals surface area (Å²) in [5.74, 6) is -2.01. The summed E-state index contributed by atoms with van der Waals surface area (Å²) < 4.78 is 6.85. The highest BCUT2D eigenvalue weighted by Crippen LogP contribution is 2.58. The van der Waals surface area contributed by atoms with Gasteiger partial charge in [-0.05, 0) is 19.3 Å². The molecular weight excluding hydrogens is 434 g/mol. The molecule has 4 aliphatic heterocycles. The third-order valence-corrected chi connectivity index (χ3v) is 7.97. The average Bonchev–Trinajstić information content (AvgIpc) is 3.11. The largest absolute Gasteiger partial charge is 0.395 e. The van der Waals surface area contributed by atoms with Gasteiger partial charge in [0.15, 0.2) is 0 Å². The van der Waals surface area contributed by atoms with Crippen molar-refractivity contribution in [3.8, 4) is 0 Å². The zero-order valence-corrected chi connectivity index (χ0v) is 20.7. The lowest BCUT2D eigenvalue weighted by Crippen LogP contribution is -2.56. The molecule has 5 atom stereocenters. The van der Waals surface area contributed by atoms with Gasteiger partial charge < -0.3 is 24.5 Å². The number of unbranched alkanes of at least 4 members (excludes halogenated alkanes) is 2.